The molecule has 0 unspecified atom stereocenters. The van der Waals surface area contributed by atoms with Crippen LogP contribution in [0.4, 0.5) is 0 Å². The van der Waals surface area contributed by atoms with E-state index in [2.05, 4.69) is 6.92 Å². The summed E-state index contributed by atoms with van der Waals surface area (Å²) in [5.74, 6) is -0.489. The lowest BCUT2D eigenvalue weighted by atomic mass is 9.75. The number of unbranched alkanes of at least 4 members (excludes halogenated alkanes) is 2. The molecule has 1 aliphatic heterocycles. The highest BCUT2D eigenvalue weighted by atomic mass is 16.4. The number of likely N-dealkylation sites (tertiary alicyclic amines) is 1. The van der Waals surface area contributed by atoms with Gasteiger partial charge in [-0.1, -0.05) is 33.1 Å². The molecule has 1 fully saturated rings. The van der Waals surface area contributed by atoms with Crippen LogP contribution in [0.15, 0.2) is 0 Å². The molecule has 0 aromatic carbocycles. The molecule has 4 heteroatoms. The number of hydrogen-bond donors (Lipinski definition) is 1. The quantitative estimate of drug-likeness (QED) is 0.723. The molecule has 1 N–H and O–H groups in total. The van der Waals surface area contributed by atoms with Crippen LogP contribution >= 0.6 is 0 Å². The van der Waals surface area contributed by atoms with Crippen LogP contribution in [0.5, 0.6) is 0 Å². The summed E-state index contributed by atoms with van der Waals surface area (Å²) in [6.07, 6.45) is 6.59. The van der Waals surface area contributed by atoms with Crippen LogP contribution < -0.4 is 0 Å². The van der Waals surface area contributed by atoms with Crippen LogP contribution in [0, 0.1) is 5.41 Å². The topological polar surface area (TPSA) is 57.6 Å². The standard InChI is InChI=1S/C15H27NO3/c1-3-5-6-7-13(17)16-11-9-15(8-4-2,10-12-16)14(18)19/h3-12H2,1-2H3,(H,18,19). The van der Waals surface area contributed by atoms with Gasteiger partial charge in [-0.15, -0.1) is 0 Å². The van der Waals surface area contributed by atoms with Crippen molar-refractivity contribution in [2.45, 2.75) is 65.2 Å². The Morgan fingerprint density at radius 3 is 2.21 bits per heavy atom. The molecular formula is C15H27NO3. The second-order valence-corrected chi connectivity index (χ2v) is 5.67. The molecule has 0 atom stereocenters. The van der Waals surface area contributed by atoms with Crippen molar-refractivity contribution in [3.63, 3.8) is 0 Å². The van der Waals surface area contributed by atoms with E-state index in [-0.39, 0.29) is 5.91 Å². The number of hydrogen-bond acceptors (Lipinski definition) is 2. The number of aliphatic carboxylic acids is 1. The van der Waals surface area contributed by atoms with Gasteiger partial charge in [-0.25, -0.2) is 0 Å². The van der Waals surface area contributed by atoms with E-state index in [1.807, 2.05) is 11.8 Å². The minimum atomic E-state index is -0.688. The minimum absolute atomic E-state index is 0.198. The molecule has 0 saturated carbocycles. The Labute approximate surface area is 116 Å². The third-order valence-electron chi connectivity index (χ3n) is 4.25. The maximum absolute atomic E-state index is 12.0. The number of amides is 1. The van der Waals surface area contributed by atoms with Gasteiger partial charge in [0.25, 0.3) is 0 Å². The molecule has 19 heavy (non-hydrogen) atoms. The Bertz CT molecular complexity index is 307. The first-order valence-corrected chi connectivity index (χ1v) is 7.57. The molecular weight excluding hydrogens is 242 g/mol. The lowest BCUT2D eigenvalue weighted by Gasteiger charge is -2.39. The number of nitrogens with zero attached hydrogens (tertiary/aromatic N) is 1. The number of carbonyl (C=O) groups is 2. The maximum atomic E-state index is 12.0. The first kappa shape index (κ1) is 16.0. The third kappa shape index (κ3) is 4.22. The molecule has 0 radical (unpaired) electrons. The van der Waals surface area contributed by atoms with E-state index in [1.165, 1.54) is 0 Å². The molecule has 0 aliphatic carbocycles. The molecule has 1 saturated heterocycles. The highest BCUT2D eigenvalue weighted by molar-refractivity contribution is 5.78. The van der Waals surface area contributed by atoms with Crippen molar-refractivity contribution in [1.29, 1.82) is 0 Å². The van der Waals surface area contributed by atoms with Gasteiger partial charge >= 0.3 is 5.97 Å². The highest BCUT2D eigenvalue weighted by Crippen LogP contribution is 2.36. The SMILES string of the molecule is CCCCCC(=O)N1CCC(CCC)(C(=O)O)CC1. The summed E-state index contributed by atoms with van der Waals surface area (Å²) in [6.45, 7) is 5.36. The summed E-state index contributed by atoms with van der Waals surface area (Å²) in [4.78, 5) is 25.3. The Hall–Kier alpha value is -1.06. The van der Waals surface area contributed by atoms with Crippen molar-refractivity contribution in [3.05, 3.63) is 0 Å². The summed E-state index contributed by atoms with van der Waals surface area (Å²) >= 11 is 0. The molecule has 1 amide bonds. The lowest BCUT2D eigenvalue weighted by Crippen LogP contribution is -2.46. The van der Waals surface area contributed by atoms with Gasteiger partial charge in [0.05, 0.1) is 5.41 Å². The van der Waals surface area contributed by atoms with Gasteiger partial charge in [0.15, 0.2) is 0 Å². The smallest absolute Gasteiger partial charge is 0.309 e. The van der Waals surface area contributed by atoms with Gasteiger partial charge in [0, 0.05) is 19.5 Å². The summed E-state index contributed by atoms with van der Waals surface area (Å²) in [7, 11) is 0. The Kier molecular flexibility index (Phi) is 6.32. The van der Waals surface area contributed by atoms with Crippen LogP contribution in [0.2, 0.25) is 0 Å². The average molecular weight is 269 g/mol. The third-order valence-corrected chi connectivity index (χ3v) is 4.25. The van der Waals surface area contributed by atoms with E-state index >= 15 is 0 Å². The molecule has 1 aliphatic rings. The number of carboxylic acids is 1. The Balaban J connectivity index is 2.46. The van der Waals surface area contributed by atoms with Crippen molar-refractivity contribution >= 4 is 11.9 Å². The first-order chi connectivity index (χ1) is 9.05. The predicted octanol–water partition coefficient (Wildman–Crippen LogP) is 3.06. The molecule has 0 spiro atoms. The fraction of sp³-hybridized carbons (Fsp3) is 0.867. The largest absolute Gasteiger partial charge is 0.481 e. The zero-order valence-corrected chi connectivity index (χ0v) is 12.3. The Morgan fingerprint density at radius 1 is 1.11 bits per heavy atom. The summed E-state index contributed by atoms with van der Waals surface area (Å²) in [5.41, 5.74) is -0.588. The van der Waals surface area contributed by atoms with Crippen LogP contribution in [-0.2, 0) is 9.59 Å². The Morgan fingerprint density at radius 2 is 1.74 bits per heavy atom. The zero-order valence-electron chi connectivity index (χ0n) is 12.3. The molecule has 0 aromatic rings. The van der Waals surface area contributed by atoms with E-state index < -0.39 is 11.4 Å². The second-order valence-electron chi connectivity index (χ2n) is 5.67. The maximum Gasteiger partial charge on any atom is 0.309 e. The fourth-order valence-electron chi connectivity index (χ4n) is 2.92. The zero-order chi connectivity index (χ0) is 14.3. The number of piperidine rings is 1. The van der Waals surface area contributed by atoms with Crippen molar-refractivity contribution in [2.75, 3.05) is 13.1 Å². The number of carboxylic acid groups (broad SMARTS) is 1. The molecule has 0 aromatic heterocycles. The van der Waals surface area contributed by atoms with Gasteiger partial charge in [0.2, 0.25) is 5.91 Å². The fourth-order valence-corrected chi connectivity index (χ4v) is 2.92. The van der Waals surface area contributed by atoms with Crippen molar-refractivity contribution in [1.82, 2.24) is 4.90 Å². The van der Waals surface area contributed by atoms with Crippen LogP contribution in [0.1, 0.15) is 65.2 Å². The molecule has 4 nitrogen and oxygen atoms in total. The van der Waals surface area contributed by atoms with Crippen LogP contribution in [-0.4, -0.2) is 35.0 Å². The summed E-state index contributed by atoms with van der Waals surface area (Å²) in [6, 6.07) is 0. The minimum Gasteiger partial charge on any atom is -0.481 e. The predicted molar refractivity (Wildman–Crippen MR) is 74.9 cm³/mol. The molecule has 0 bridgehead atoms. The molecule has 1 rings (SSSR count). The van der Waals surface area contributed by atoms with Gasteiger partial charge in [0.1, 0.15) is 0 Å². The van der Waals surface area contributed by atoms with E-state index in [1.54, 1.807) is 0 Å². The van der Waals surface area contributed by atoms with Gasteiger partial charge in [-0.05, 0) is 25.7 Å². The first-order valence-electron chi connectivity index (χ1n) is 7.57. The monoisotopic (exact) mass is 269 g/mol. The van der Waals surface area contributed by atoms with Crippen molar-refractivity contribution in [3.8, 4) is 0 Å². The molecule has 110 valence electrons. The van der Waals surface area contributed by atoms with E-state index in [4.69, 9.17) is 0 Å². The number of carbonyl (C=O) groups excluding carboxylic acids is 1. The van der Waals surface area contributed by atoms with Gasteiger partial charge in [-0.3, -0.25) is 9.59 Å². The summed E-state index contributed by atoms with van der Waals surface area (Å²) < 4.78 is 0. The lowest BCUT2D eigenvalue weighted by molar-refractivity contribution is -0.155. The van der Waals surface area contributed by atoms with E-state index in [0.29, 0.717) is 32.4 Å². The number of rotatable bonds is 7. The van der Waals surface area contributed by atoms with E-state index in [9.17, 15) is 14.7 Å². The van der Waals surface area contributed by atoms with Gasteiger partial charge < -0.3 is 10.0 Å². The van der Waals surface area contributed by atoms with E-state index in [0.717, 1.165) is 32.1 Å². The second kappa shape index (κ2) is 7.51. The van der Waals surface area contributed by atoms with Gasteiger partial charge in [-0.2, -0.15) is 0 Å². The average Bonchev–Trinajstić information content (AvgIpc) is 2.40. The van der Waals surface area contributed by atoms with Crippen molar-refractivity contribution in [2.24, 2.45) is 5.41 Å². The summed E-state index contributed by atoms with van der Waals surface area (Å²) in [5, 5.41) is 9.41. The normalized spacial score (nSPS) is 18.3. The van der Waals surface area contributed by atoms with Crippen molar-refractivity contribution < 1.29 is 14.7 Å². The highest BCUT2D eigenvalue weighted by Gasteiger charge is 2.41. The van der Waals surface area contributed by atoms with Crippen LogP contribution in [0.3, 0.4) is 0 Å². The molecule has 1 heterocycles. The van der Waals surface area contributed by atoms with Crippen LogP contribution in [0.25, 0.3) is 0 Å².